The second-order valence-electron chi connectivity index (χ2n) is 4.61. The molecule has 5 heteroatoms. The van der Waals surface area contributed by atoms with E-state index < -0.39 is 0 Å². The fourth-order valence-corrected chi connectivity index (χ4v) is 3.01. The number of nitrogens with zero attached hydrogens (tertiary/aromatic N) is 1. The smallest absolute Gasteiger partial charge is 0.256 e. The third kappa shape index (κ3) is 4.03. The van der Waals surface area contributed by atoms with E-state index in [0.717, 1.165) is 17.1 Å². The predicted molar refractivity (Wildman–Crippen MR) is 91.6 cm³/mol. The number of anilines is 1. The Morgan fingerprint density at radius 1 is 1.32 bits per heavy atom. The van der Waals surface area contributed by atoms with E-state index in [1.165, 1.54) is 0 Å². The summed E-state index contributed by atoms with van der Waals surface area (Å²) in [4.78, 5) is 13.4. The molecule has 0 aromatic heterocycles. The zero-order valence-electron chi connectivity index (χ0n) is 12.1. The molecule has 0 aliphatic carbocycles. The van der Waals surface area contributed by atoms with Gasteiger partial charge in [0.25, 0.3) is 5.91 Å². The van der Waals surface area contributed by atoms with Gasteiger partial charge in [0.1, 0.15) is 6.07 Å². The minimum Gasteiger partial charge on any atom is -0.322 e. The maximum absolute atomic E-state index is 12.4. The molecule has 0 radical (unpaired) electrons. The van der Waals surface area contributed by atoms with Crippen molar-refractivity contribution in [2.75, 3.05) is 11.1 Å². The molecule has 3 nitrogen and oxygen atoms in total. The first-order valence-corrected chi connectivity index (χ1v) is 8.25. The number of rotatable bonds is 5. The van der Waals surface area contributed by atoms with E-state index >= 15 is 0 Å². The van der Waals surface area contributed by atoms with Crippen LogP contribution < -0.4 is 5.32 Å². The largest absolute Gasteiger partial charge is 0.322 e. The number of hydrogen-bond donors (Lipinski definition) is 1. The summed E-state index contributed by atoms with van der Waals surface area (Å²) < 4.78 is 0. The Kier molecular flexibility index (Phi) is 5.88. The van der Waals surface area contributed by atoms with Gasteiger partial charge in [-0.3, -0.25) is 4.79 Å². The number of amides is 1. The minimum absolute atomic E-state index is 0.181. The Morgan fingerprint density at radius 3 is 2.77 bits per heavy atom. The van der Waals surface area contributed by atoms with Gasteiger partial charge in [-0.2, -0.15) is 5.26 Å². The Labute approximate surface area is 139 Å². The van der Waals surface area contributed by atoms with Gasteiger partial charge >= 0.3 is 0 Å². The van der Waals surface area contributed by atoms with Crippen LogP contribution in [0.3, 0.4) is 0 Å². The highest BCUT2D eigenvalue weighted by Gasteiger charge is 2.12. The third-order valence-electron chi connectivity index (χ3n) is 2.94. The molecule has 0 saturated carbocycles. The van der Waals surface area contributed by atoms with E-state index in [2.05, 4.69) is 12.2 Å². The van der Waals surface area contributed by atoms with Gasteiger partial charge in [0.2, 0.25) is 0 Å². The fourth-order valence-electron chi connectivity index (χ4n) is 1.87. The highest BCUT2D eigenvalue weighted by atomic mass is 35.5. The average Bonchev–Trinajstić information content (AvgIpc) is 2.53. The molecule has 0 fully saturated rings. The molecule has 0 aliphatic rings. The molecule has 1 N–H and O–H groups in total. The Morgan fingerprint density at radius 2 is 2.09 bits per heavy atom. The number of benzene rings is 2. The van der Waals surface area contributed by atoms with Crippen LogP contribution in [-0.2, 0) is 0 Å². The van der Waals surface area contributed by atoms with E-state index in [1.807, 2.05) is 24.3 Å². The number of carbonyl (C=O) groups is 1. The number of nitrogens with one attached hydrogen (secondary N) is 1. The highest BCUT2D eigenvalue weighted by molar-refractivity contribution is 7.99. The molecular formula is C17H15ClN2OS. The van der Waals surface area contributed by atoms with Crippen LogP contribution in [0, 0.1) is 11.3 Å². The number of thioether (sulfide) groups is 1. The predicted octanol–water partition coefficient (Wildman–Crippen LogP) is 4.97. The molecule has 0 heterocycles. The van der Waals surface area contributed by atoms with Crippen molar-refractivity contribution >= 4 is 35.0 Å². The summed E-state index contributed by atoms with van der Waals surface area (Å²) in [5, 5.41) is 12.0. The molecule has 0 unspecified atom stereocenters. The first-order valence-electron chi connectivity index (χ1n) is 6.88. The Bertz CT molecular complexity index is 725. The zero-order valence-corrected chi connectivity index (χ0v) is 13.7. The summed E-state index contributed by atoms with van der Waals surface area (Å²) in [6.07, 6.45) is 1.05. The molecule has 0 bridgehead atoms. The van der Waals surface area contributed by atoms with Crippen LogP contribution in [0.1, 0.15) is 29.3 Å². The van der Waals surface area contributed by atoms with Gasteiger partial charge in [-0.25, -0.2) is 0 Å². The van der Waals surface area contributed by atoms with Crippen LogP contribution in [0.25, 0.3) is 0 Å². The summed E-state index contributed by atoms with van der Waals surface area (Å²) in [5.74, 6) is 0.785. The minimum atomic E-state index is -0.181. The van der Waals surface area contributed by atoms with E-state index in [4.69, 9.17) is 16.9 Å². The van der Waals surface area contributed by atoms with Crippen molar-refractivity contribution in [3.63, 3.8) is 0 Å². The van der Waals surface area contributed by atoms with Crippen molar-refractivity contribution in [2.45, 2.75) is 18.2 Å². The van der Waals surface area contributed by atoms with E-state index in [-0.39, 0.29) is 5.91 Å². The van der Waals surface area contributed by atoms with Crippen LogP contribution >= 0.6 is 23.4 Å². The van der Waals surface area contributed by atoms with E-state index in [1.54, 1.807) is 36.0 Å². The molecule has 2 rings (SSSR count). The first kappa shape index (κ1) is 16.4. The summed E-state index contributed by atoms with van der Waals surface area (Å²) in [5.41, 5.74) is 1.60. The van der Waals surface area contributed by atoms with Crippen molar-refractivity contribution in [3.05, 3.63) is 58.6 Å². The van der Waals surface area contributed by atoms with E-state index in [0.29, 0.717) is 21.8 Å². The lowest BCUT2D eigenvalue weighted by Gasteiger charge is -2.10. The van der Waals surface area contributed by atoms with Gasteiger partial charge in [0, 0.05) is 10.6 Å². The van der Waals surface area contributed by atoms with E-state index in [9.17, 15) is 4.79 Å². The summed E-state index contributed by atoms with van der Waals surface area (Å²) >= 11 is 7.65. The van der Waals surface area contributed by atoms with Gasteiger partial charge in [0.15, 0.2) is 0 Å². The lowest BCUT2D eigenvalue weighted by Crippen LogP contribution is -2.13. The van der Waals surface area contributed by atoms with Crippen molar-refractivity contribution in [1.82, 2.24) is 0 Å². The summed E-state index contributed by atoms with van der Waals surface area (Å²) in [7, 11) is 0. The lowest BCUT2D eigenvalue weighted by atomic mass is 10.2. The van der Waals surface area contributed by atoms with Gasteiger partial charge < -0.3 is 5.32 Å². The summed E-state index contributed by atoms with van der Waals surface area (Å²) in [6, 6.07) is 14.4. The van der Waals surface area contributed by atoms with Crippen LogP contribution in [0.5, 0.6) is 0 Å². The quantitative estimate of drug-likeness (QED) is 0.788. The van der Waals surface area contributed by atoms with Crippen molar-refractivity contribution in [3.8, 4) is 6.07 Å². The lowest BCUT2D eigenvalue weighted by molar-refractivity contribution is 0.102. The van der Waals surface area contributed by atoms with Crippen molar-refractivity contribution < 1.29 is 4.79 Å². The van der Waals surface area contributed by atoms with Crippen molar-refractivity contribution in [2.24, 2.45) is 0 Å². The number of halogens is 1. The number of carbonyl (C=O) groups excluding carboxylic acids is 1. The maximum Gasteiger partial charge on any atom is 0.256 e. The van der Waals surface area contributed by atoms with Crippen LogP contribution in [0.4, 0.5) is 5.69 Å². The SMILES string of the molecule is CCCSc1ccccc1C(=O)Nc1ccc(C#N)c(Cl)c1. The maximum atomic E-state index is 12.4. The van der Waals surface area contributed by atoms with Crippen LogP contribution in [-0.4, -0.2) is 11.7 Å². The molecule has 2 aromatic carbocycles. The molecule has 1 amide bonds. The Balaban J connectivity index is 2.19. The van der Waals surface area contributed by atoms with Crippen LogP contribution in [0.2, 0.25) is 5.02 Å². The number of nitriles is 1. The second kappa shape index (κ2) is 7.88. The zero-order chi connectivity index (χ0) is 15.9. The summed E-state index contributed by atoms with van der Waals surface area (Å²) in [6.45, 7) is 2.11. The third-order valence-corrected chi connectivity index (χ3v) is 4.53. The first-order chi connectivity index (χ1) is 10.7. The molecule has 0 aliphatic heterocycles. The molecule has 112 valence electrons. The molecular weight excluding hydrogens is 316 g/mol. The number of hydrogen-bond acceptors (Lipinski definition) is 3. The normalized spacial score (nSPS) is 10.0. The van der Waals surface area contributed by atoms with Gasteiger partial charge in [-0.05, 0) is 42.5 Å². The molecule has 2 aromatic rings. The van der Waals surface area contributed by atoms with Gasteiger partial charge in [0.05, 0.1) is 16.1 Å². The topological polar surface area (TPSA) is 52.9 Å². The molecule has 0 atom stereocenters. The van der Waals surface area contributed by atoms with Gasteiger partial charge in [-0.15, -0.1) is 11.8 Å². The fraction of sp³-hybridized carbons (Fsp3) is 0.176. The second-order valence-corrected chi connectivity index (χ2v) is 6.15. The molecule has 22 heavy (non-hydrogen) atoms. The average molecular weight is 331 g/mol. The molecule has 0 spiro atoms. The highest BCUT2D eigenvalue weighted by Crippen LogP contribution is 2.25. The Hall–Kier alpha value is -1.96. The van der Waals surface area contributed by atoms with Gasteiger partial charge in [-0.1, -0.05) is 30.7 Å². The monoisotopic (exact) mass is 330 g/mol. The van der Waals surface area contributed by atoms with Crippen molar-refractivity contribution in [1.29, 1.82) is 5.26 Å². The molecule has 0 saturated heterocycles. The standard InChI is InChI=1S/C17H15ClN2OS/c1-2-9-22-16-6-4-3-5-14(16)17(21)20-13-8-7-12(11-19)15(18)10-13/h3-8,10H,2,9H2,1H3,(H,20,21). The van der Waals surface area contributed by atoms with Crippen LogP contribution in [0.15, 0.2) is 47.4 Å².